The highest BCUT2D eigenvalue weighted by atomic mass is 16.5. The molecule has 3 amide bonds. The van der Waals surface area contributed by atoms with Crippen LogP contribution in [0.2, 0.25) is 0 Å². The van der Waals surface area contributed by atoms with Gasteiger partial charge in [-0.05, 0) is 67.8 Å². The summed E-state index contributed by atoms with van der Waals surface area (Å²) in [5, 5.41) is 6.16. The average Bonchev–Trinajstić information content (AvgIpc) is 3.01. The summed E-state index contributed by atoms with van der Waals surface area (Å²) >= 11 is 0. The molecule has 1 aliphatic heterocycles. The van der Waals surface area contributed by atoms with E-state index in [1.54, 1.807) is 84.9 Å². The lowest BCUT2D eigenvalue weighted by Crippen LogP contribution is -2.42. The molecule has 0 saturated carbocycles. The SMILES string of the molecule is CC#CC(=O)Nc1cc2c(Oc3ccc(C(=O)Nc4ccccn4)cc3)ccnc2cc1OCCCN1CCOCC1=O. The minimum atomic E-state index is -0.489. The van der Waals surface area contributed by atoms with Gasteiger partial charge in [0, 0.05) is 42.5 Å². The number of morpholine rings is 1. The number of amides is 3. The number of hydrogen-bond acceptors (Lipinski definition) is 8. The third kappa shape index (κ3) is 7.63. The van der Waals surface area contributed by atoms with E-state index < -0.39 is 5.91 Å². The molecule has 0 atom stereocenters. The van der Waals surface area contributed by atoms with E-state index in [2.05, 4.69) is 32.4 Å². The third-order valence-corrected chi connectivity index (χ3v) is 6.45. The number of benzene rings is 2. The lowest BCUT2D eigenvalue weighted by molar-refractivity contribution is -0.142. The highest BCUT2D eigenvalue weighted by Gasteiger charge is 2.18. The molecule has 218 valence electrons. The molecule has 1 saturated heterocycles. The van der Waals surface area contributed by atoms with Gasteiger partial charge < -0.3 is 29.7 Å². The number of rotatable bonds is 10. The molecule has 43 heavy (non-hydrogen) atoms. The molecule has 11 heteroatoms. The summed E-state index contributed by atoms with van der Waals surface area (Å²) in [7, 11) is 0. The minimum Gasteiger partial charge on any atom is -0.491 e. The van der Waals surface area contributed by atoms with Crippen LogP contribution in [0.25, 0.3) is 10.9 Å². The summed E-state index contributed by atoms with van der Waals surface area (Å²) in [6.45, 7) is 3.61. The zero-order valence-corrected chi connectivity index (χ0v) is 23.5. The Bertz CT molecular complexity index is 1680. The second kappa shape index (κ2) is 13.9. The average molecular weight is 580 g/mol. The zero-order valence-electron chi connectivity index (χ0n) is 23.5. The smallest absolute Gasteiger partial charge is 0.300 e. The molecule has 2 N–H and O–H groups in total. The van der Waals surface area contributed by atoms with Crippen LogP contribution in [0.5, 0.6) is 17.2 Å². The van der Waals surface area contributed by atoms with E-state index in [1.165, 1.54) is 0 Å². The number of hydrogen-bond donors (Lipinski definition) is 2. The number of nitrogens with one attached hydrogen (secondary N) is 2. The Labute approximate surface area is 248 Å². The Morgan fingerprint density at radius 1 is 1.02 bits per heavy atom. The van der Waals surface area contributed by atoms with Crippen LogP contribution in [-0.2, 0) is 14.3 Å². The topological polar surface area (TPSA) is 132 Å². The fourth-order valence-electron chi connectivity index (χ4n) is 4.37. The molecule has 0 spiro atoms. The van der Waals surface area contributed by atoms with Gasteiger partial charge in [0.1, 0.15) is 29.7 Å². The van der Waals surface area contributed by atoms with Crippen molar-refractivity contribution in [1.29, 1.82) is 0 Å². The molecule has 1 aliphatic rings. The van der Waals surface area contributed by atoms with Crippen molar-refractivity contribution >= 4 is 40.1 Å². The van der Waals surface area contributed by atoms with E-state index in [4.69, 9.17) is 14.2 Å². The molecule has 5 rings (SSSR count). The molecule has 0 bridgehead atoms. The Morgan fingerprint density at radius 3 is 2.65 bits per heavy atom. The standard InChI is InChI=1S/C32H29N5O6/c1-2-6-30(38)35-26-19-24-25(20-28(26)42-17-5-15-37-16-18-41-21-31(37)39)33-14-12-27(24)43-23-10-8-22(9-11-23)32(40)36-29-7-3-4-13-34-29/h3-4,7-14,19-20H,5,15-18,21H2,1H3,(H,35,38)(H,34,36,40). The quantitative estimate of drug-likeness (QED) is 0.210. The van der Waals surface area contributed by atoms with Gasteiger partial charge in [-0.1, -0.05) is 12.0 Å². The van der Waals surface area contributed by atoms with Crippen LogP contribution in [0.1, 0.15) is 23.7 Å². The molecular weight excluding hydrogens is 550 g/mol. The summed E-state index contributed by atoms with van der Waals surface area (Å²) in [5.41, 5.74) is 1.43. The van der Waals surface area contributed by atoms with E-state index in [0.29, 0.717) is 77.9 Å². The first kappa shape index (κ1) is 29.0. The van der Waals surface area contributed by atoms with Crippen molar-refractivity contribution < 1.29 is 28.6 Å². The summed E-state index contributed by atoms with van der Waals surface area (Å²) < 4.78 is 17.4. The molecule has 0 unspecified atom stereocenters. The lowest BCUT2D eigenvalue weighted by Gasteiger charge is -2.26. The van der Waals surface area contributed by atoms with Crippen molar-refractivity contribution in [3.05, 3.63) is 78.6 Å². The van der Waals surface area contributed by atoms with Crippen LogP contribution in [0, 0.1) is 11.8 Å². The van der Waals surface area contributed by atoms with E-state index in [9.17, 15) is 14.4 Å². The first-order valence-electron chi connectivity index (χ1n) is 13.7. The highest BCUT2D eigenvalue weighted by molar-refractivity contribution is 6.06. The molecule has 0 aliphatic carbocycles. The van der Waals surface area contributed by atoms with E-state index in [1.807, 2.05) is 0 Å². The van der Waals surface area contributed by atoms with Gasteiger partial charge in [-0.2, -0.15) is 0 Å². The number of pyridine rings is 2. The van der Waals surface area contributed by atoms with E-state index >= 15 is 0 Å². The normalized spacial score (nSPS) is 12.7. The first-order chi connectivity index (χ1) is 21.0. The maximum absolute atomic E-state index is 12.6. The second-order valence-electron chi connectivity index (χ2n) is 9.43. The number of carbonyl (C=O) groups excluding carboxylic acids is 3. The highest BCUT2D eigenvalue weighted by Crippen LogP contribution is 2.36. The number of ether oxygens (including phenoxy) is 3. The Balaban J connectivity index is 1.32. The zero-order chi connectivity index (χ0) is 30.0. The lowest BCUT2D eigenvalue weighted by atomic mass is 10.1. The van der Waals surface area contributed by atoms with Gasteiger partial charge >= 0.3 is 0 Å². The molecule has 1 fully saturated rings. The van der Waals surface area contributed by atoms with Crippen LogP contribution in [-0.4, -0.2) is 65.5 Å². The predicted octanol–water partition coefficient (Wildman–Crippen LogP) is 4.26. The molecular formula is C32H29N5O6. The van der Waals surface area contributed by atoms with Crippen molar-refractivity contribution in [2.75, 3.05) is 43.5 Å². The Morgan fingerprint density at radius 2 is 1.88 bits per heavy atom. The van der Waals surface area contributed by atoms with Gasteiger partial charge in [0.2, 0.25) is 5.91 Å². The van der Waals surface area contributed by atoms with Crippen LogP contribution >= 0.6 is 0 Å². The van der Waals surface area contributed by atoms with Gasteiger partial charge in [0.05, 0.1) is 24.4 Å². The second-order valence-corrected chi connectivity index (χ2v) is 9.43. The maximum Gasteiger partial charge on any atom is 0.300 e. The van der Waals surface area contributed by atoms with Gasteiger partial charge in [0.15, 0.2) is 0 Å². The molecule has 0 radical (unpaired) electrons. The van der Waals surface area contributed by atoms with Gasteiger partial charge in [-0.15, -0.1) is 0 Å². The van der Waals surface area contributed by atoms with E-state index in [-0.39, 0.29) is 18.4 Å². The molecule has 2 aromatic carbocycles. The van der Waals surface area contributed by atoms with Crippen molar-refractivity contribution in [3.63, 3.8) is 0 Å². The number of nitrogens with zero attached hydrogens (tertiary/aromatic N) is 3. The fourth-order valence-corrected chi connectivity index (χ4v) is 4.37. The van der Waals surface area contributed by atoms with Crippen LogP contribution in [0.15, 0.2) is 73.1 Å². The number of aromatic nitrogens is 2. The van der Waals surface area contributed by atoms with Gasteiger partial charge in [-0.3, -0.25) is 19.4 Å². The predicted molar refractivity (Wildman–Crippen MR) is 160 cm³/mol. The van der Waals surface area contributed by atoms with Crippen molar-refractivity contribution in [3.8, 4) is 29.1 Å². The molecule has 11 nitrogen and oxygen atoms in total. The molecule has 2 aromatic heterocycles. The number of carbonyl (C=O) groups is 3. The monoisotopic (exact) mass is 579 g/mol. The summed E-state index contributed by atoms with van der Waals surface area (Å²) in [6, 6.07) is 17.1. The summed E-state index contributed by atoms with van der Waals surface area (Å²) in [6.07, 6.45) is 3.81. The first-order valence-corrected chi connectivity index (χ1v) is 13.7. The molecule has 4 aromatic rings. The Hall–Kier alpha value is -5.47. The number of fused-ring (bicyclic) bond motifs is 1. The Kier molecular flexibility index (Phi) is 9.41. The van der Waals surface area contributed by atoms with Crippen molar-refractivity contribution in [2.24, 2.45) is 0 Å². The van der Waals surface area contributed by atoms with Crippen LogP contribution < -0.4 is 20.1 Å². The van der Waals surface area contributed by atoms with Crippen LogP contribution in [0.3, 0.4) is 0 Å². The summed E-state index contributed by atoms with van der Waals surface area (Å²) in [4.78, 5) is 47.2. The maximum atomic E-state index is 12.6. The fraction of sp³-hybridized carbons (Fsp3) is 0.219. The molecule has 3 heterocycles. The van der Waals surface area contributed by atoms with Crippen LogP contribution in [0.4, 0.5) is 11.5 Å². The van der Waals surface area contributed by atoms with Gasteiger partial charge in [-0.25, -0.2) is 4.98 Å². The largest absolute Gasteiger partial charge is 0.491 e. The summed E-state index contributed by atoms with van der Waals surface area (Å²) in [5.74, 6) is 6.11. The minimum absolute atomic E-state index is 0.0397. The number of anilines is 2. The van der Waals surface area contributed by atoms with Crippen molar-refractivity contribution in [1.82, 2.24) is 14.9 Å². The van der Waals surface area contributed by atoms with Crippen molar-refractivity contribution in [2.45, 2.75) is 13.3 Å². The van der Waals surface area contributed by atoms with Gasteiger partial charge in [0.25, 0.3) is 11.8 Å². The van der Waals surface area contributed by atoms with E-state index in [0.717, 1.165) is 0 Å². The third-order valence-electron chi connectivity index (χ3n) is 6.45.